The minimum Gasteiger partial charge on any atom is -0.508 e. The van der Waals surface area contributed by atoms with E-state index in [0.717, 1.165) is 12.1 Å². The van der Waals surface area contributed by atoms with Gasteiger partial charge >= 0.3 is 5.79 Å². The first-order chi connectivity index (χ1) is 20.0. The van der Waals surface area contributed by atoms with Crippen molar-refractivity contribution in [2.45, 2.75) is 36.4 Å². The van der Waals surface area contributed by atoms with Crippen LogP contribution in [0.3, 0.4) is 0 Å². The predicted octanol–water partition coefficient (Wildman–Crippen LogP) is 1.14. The molecule has 5 atom stereocenters. The molecule has 0 radical (unpaired) electrons. The number of rotatable bonds is 2. The molecular weight excluding hydrogens is 584 g/mol. The van der Waals surface area contributed by atoms with Gasteiger partial charge in [0.2, 0.25) is 0 Å². The van der Waals surface area contributed by atoms with Crippen LogP contribution < -0.4 is 14.2 Å². The highest BCUT2D eigenvalue weighted by Crippen LogP contribution is 2.62. The molecule has 13 N–H and O–H groups in total. The van der Waals surface area contributed by atoms with Crippen molar-refractivity contribution in [3.05, 3.63) is 82.4 Å². The van der Waals surface area contributed by atoms with Gasteiger partial charge in [0, 0.05) is 46.9 Å². The Labute approximate surface area is 247 Å². The molecule has 3 heterocycles. The molecule has 0 saturated heterocycles. The summed E-state index contributed by atoms with van der Waals surface area (Å²) in [5.41, 5.74) is 0.842. The first kappa shape index (κ1) is 30.2. The van der Waals surface area contributed by atoms with E-state index in [9.17, 15) is 46.0 Å². The monoisotopic (exact) mass is 612 g/mol. The van der Waals surface area contributed by atoms with Gasteiger partial charge in [0.15, 0.2) is 23.0 Å². The average Bonchev–Trinajstić information content (AvgIpc) is 2.92. The van der Waals surface area contributed by atoms with E-state index in [2.05, 4.69) is 0 Å². The largest absolute Gasteiger partial charge is 0.508 e. The Kier molecular flexibility index (Phi) is 6.98. The lowest BCUT2D eigenvalue weighted by atomic mass is 9.74. The molecule has 232 valence electrons. The van der Waals surface area contributed by atoms with E-state index in [-0.39, 0.29) is 74.1 Å². The molecule has 14 heteroatoms. The number of phenolic OH excluding ortho intramolecular Hbond substituents is 7. The van der Waals surface area contributed by atoms with Gasteiger partial charge in [-0.3, -0.25) is 0 Å². The SMILES string of the molecule is O.O.Oc1cc(O)c2c(c1)O[C@@]1(c3ccc(O)c(O)c3)Oc3cc(O)c4c(c3[C@@H]2[C@H]1O)O[C@H](c1ccc(O)c(O)c1)[C@H](O)C4. The van der Waals surface area contributed by atoms with Gasteiger partial charge in [-0.2, -0.15) is 0 Å². The zero-order chi connectivity index (χ0) is 29.7. The van der Waals surface area contributed by atoms with Gasteiger partial charge in [0.25, 0.3) is 0 Å². The molecule has 4 aromatic carbocycles. The van der Waals surface area contributed by atoms with Gasteiger partial charge in [-0.15, -0.1) is 0 Å². The molecule has 0 amide bonds. The van der Waals surface area contributed by atoms with Crippen molar-refractivity contribution in [3.8, 4) is 57.5 Å². The Morgan fingerprint density at radius 3 is 1.93 bits per heavy atom. The Bertz CT molecular complexity index is 1790. The quantitative estimate of drug-likeness (QED) is 0.144. The number of fused-ring (bicyclic) bond motifs is 8. The van der Waals surface area contributed by atoms with Crippen LogP contribution >= 0.6 is 0 Å². The molecule has 3 aliphatic rings. The number of ether oxygens (including phenoxy) is 3. The first-order valence-corrected chi connectivity index (χ1v) is 12.9. The molecule has 0 saturated carbocycles. The van der Waals surface area contributed by atoms with Crippen LogP contribution in [0, 0.1) is 0 Å². The zero-order valence-electron chi connectivity index (χ0n) is 22.5. The number of benzene rings is 4. The van der Waals surface area contributed by atoms with Gasteiger partial charge in [0.1, 0.15) is 46.7 Å². The molecule has 0 spiro atoms. The minimum absolute atomic E-state index is 0. The van der Waals surface area contributed by atoms with E-state index in [1.807, 2.05) is 0 Å². The second kappa shape index (κ2) is 10.2. The second-order valence-corrected chi connectivity index (χ2v) is 10.5. The molecule has 0 aliphatic carbocycles. The maximum Gasteiger partial charge on any atom is 0.305 e. The van der Waals surface area contributed by atoms with Crippen LogP contribution in [0.4, 0.5) is 0 Å². The maximum absolute atomic E-state index is 11.9. The Hall–Kier alpha value is -5.28. The van der Waals surface area contributed by atoms with Crippen molar-refractivity contribution < 1.29 is 71.1 Å². The Balaban J connectivity index is 0.00000192. The lowest BCUT2D eigenvalue weighted by Crippen LogP contribution is -2.57. The Morgan fingerprint density at radius 1 is 0.636 bits per heavy atom. The molecule has 44 heavy (non-hydrogen) atoms. The van der Waals surface area contributed by atoms with Crippen molar-refractivity contribution in [1.82, 2.24) is 0 Å². The van der Waals surface area contributed by atoms with Gasteiger partial charge in [-0.25, -0.2) is 0 Å². The normalized spacial score (nSPS) is 24.0. The molecule has 14 nitrogen and oxygen atoms in total. The van der Waals surface area contributed by atoms with E-state index >= 15 is 0 Å². The predicted molar refractivity (Wildman–Crippen MR) is 149 cm³/mol. The van der Waals surface area contributed by atoms with Gasteiger partial charge in [0.05, 0.1) is 12.0 Å². The summed E-state index contributed by atoms with van der Waals surface area (Å²) in [6, 6.07) is 11.1. The topological polar surface area (TPSA) is 273 Å². The molecule has 3 aliphatic heterocycles. The van der Waals surface area contributed by atoms with Crippen LogP contribution in [0.15, 0.2) is 54.6 Å². The average molecular weight is 613 g/mol. The summed E-state index contributed by atoms with van der Waals surface area (Å²) in [6.45, 7) is 0. The van der Waals surface area contributed by atoms with Crippen LogP contribution in [0.5, 0.6) is 57.5 Å². The van der Waals surface area contributed by atoms with E-state index in [1.54, 1.807) is 0 Å². The number of aromatic hydroxyl groups is 7. The van der Waals surface area contributed by atoms with Crippen LogP contribution in [-0.2, 0) is 12.2 Å². The molecule has 0 unspecified atom stereocenters. The number of hydrogen-bond acceptors (Lipinski definition) is 12. The van der Waals surface area contributed by atoms with Crippen molar-refractivity contribution >= 4 is 0 Å². The van der Waals surface area contributed by atoms with Crippen molar-refractivity contribution in [2.75, 3.05) is 0 Å². The van der Waals surface area contributed by atoms with Crippen LogP contribution in [0.25, 0.3) is 0 Å². The summed E-state index contributed by atoms with van der Waals surface area (Å²) >= 11 is 0. The van der Waals surface area contributed by atoms with E-state index in [4.69, 9.17) is 14.2 Å². The smallest absolute Gasteiger partial charge is 0.305 e. The second-order valence-electron chi connectivity index (χ2n) is 10.5. The fourth-order valence-electron chi connectivity index (χ4n) is 6.09. The summed E-state index contributed by atoms with van der Waals surface area (Å²) in [6.07, 6.45) is -4.00. The van der Waals surface area contributed by atoms with Crippen LogP contribution in [0.2, 0.25) is 0 Å². The van der Waals surface area contributed by atoms with Gasteiger partial charge in [-0.1, -0.05) is 6.07 Å². The van der Waals surface area contributed by atoms with E-state index in [1.165, 1.54) is 42.5 Å². The lowest BCUT2D eigenvalue weighted by molar-refractivity contribution is -0.219. The van der Waals surface area contributed by atoms with Gasteiger partial charge < -0.3 is 71.1 Å². The third kappa shape index (κ3) is 4.11. The third-order valence-corrected chi connectivity index (χ3v) is 8.03. The standard InChI is InChI=1S/C30H24O12.2H2O/c31-13-7-20(37)24-22(8-13)41-30(12-2-4-16(33)19(36)6-12)29(39)26(24)25-23(42-30)10-17(34)14-9-21(38)27(40-28(14)25)11-1-3-15(32)18(35)5-11;;/h1-8,10,21,26-27,29,31-39H,9H2;2*1H2/t21-,26-,27-,29-,30+;;/m1../s1. The first-order valence-electron chi connectivity index (χ1n) is 12.9. The van der Waals surface area contributed by atoms with E-state index in [0.29, 0.717) is 5.56 Å². The van der Waals surface area contributed by atoms with Crippen molar-refractivity contribution in [1.29, 1.82) is 0 Å². The molecule has 2 bridgehead atoms. The van der Waals surface area contributed by atoms with Gasteiger partial charge in [-0.05, 0) is 35.9 Å². The fraction of sp³-hybridized carbons (Fsp3) is 0.200. The lowest BCUT2D eigenvalue weighted by Gasteiger charge is -2.50. The highest BCUT2D eigenvalue weighted by Gasteiger charge is 2.60. The van der Waals surface area contributed by atoms with Crippen LogP contribution in [0.1, 0.15) is 39.8 Å². The zero-order valence-corrected chi connectivity index (χ0v) is 22.5. The highest BCUT2D eigenvalue weighted by molar-refractivity contribution is 5.68. The number of hydrogen-bond donors (Lipinski definition) is 9. The maximum atomic E-state index is 11.9. The minimum atomic E-state index is -2.09. The molecule has 7 rings (SSSR count). The number of aliphatic hydroxyl groups is 2. The highest BCUT2D eigenvalue weighted by atomic mass is 16.7. The number of phenols is 7. The summed E-state index contributed by atoms with van der Waals surface area (Å²) < 4.78 is 18.6. The fourth-order valence-corrected chi connectivity index (χ4v) is 6.09. The summed E-state index contributed by atoms with van der Waals surface area (Å²) in [4.78, 5) is 0. The summed E-state index contributed by atoms with van der Waals surface area (Å²) in [7, 11) is 0. The van der Waals surface area contributed by atoms with Crippen molar-refractivity contribution in [3.63, 3.8) is 0 Å². The third-order valence-electron chi connectivity index (χ3n) is 8.03. The number of aliphatic hydroxyl groups excluding tert-OH is 2. The van der Waals surface area contributed by atoms with Crippen molar-refractivity contribution in [2.24, 2.45) is 0 Å². The van der Waals surface area contributed by atoms with E-state index < -0.39 is 53.0 Å². The van der Waals surface area contributed by atoms with Crippen LogP contribution in [-0.4, -0.2) is 69.1 Å². The molecular formula is C30H28O14. The molecule has 0 fully saturated rings. The molecule has 4 aromatic rings. The molecule has 0 aromatic heterocycles. The summed E-state index contributed by atoms with van der Waals surface area (Å²) in [5, 5.41) is 95.1. The Morgan fingerprint density at radius 2 is 1.27 bits per heavy atom. The summed E-state index contributed by atoms with van der Waals surface area (Å²) in [5.74, 6) is -6.11.